The number of unbranched alkanes of at least 4 members (excludes halogenated alkanes) is 9. The monoisotopic (exact) mass is 511 g/mol. The molecule has 10 heteroatoms. The van der Waals surface area contributed by atoms with Crippen molar-refractivity contribution in [2.45, 2.75) is 90.1 Å². The first-order valence-electron chi connectivity index (χ1n) is 12.6. The molecule has 192 valence electrons. The SMILES string of the molecule is CCCCCCCC/C=C/CCCCCC(=O)C1=[N+](CC(O)CS(=O)(=O)[O-])CCN1CCO.[Na+]. The summed E-state index contributed by atoms with van der Waals surface area (Å²) in [5.41, 5.74) is 0. The van der Waals surface area contributed by atoms with Crippen molar-refractivity contribution in [1.29, 1.82) is 0 Å². The smallest absolute Gasteiger partial charge is 0.748 e. The Morgan fingerprint density at radius 3 is 2.26 bits per heavy atom. The van der Waals surface area contributed by atoms with Crippen LogP contribution < -0.4 is 29.6 Å². The number of rotatable bonds is 20. The maximum atomic E-state index is 12.8. The van der Waals surface area contributed by atoms with E-state index in [0.29, 0.717) is 31.9 Å². The van der Waals surface area contributed by atoms with Crippen LogP contribution in [0.15, 0.2) is 12.2 Å². The summed E-state index contributed by atoms with van der Waals surface area (Å²) in [7, 11) is -4.54. The van der Waals surface area contributed by atoms with Gasteiger partial charge < -0.3 is 14.8 Å². The van der Waals surface area contributed by atoms with Gasteiger partial charge >= 0.3 is 35.4 Å². The third-order valence-corrected chi connectivity index (χ3v) is 6.64. The van der Waals surface area contributed by atoms with Gasteiger partial charge in [0.15, 0.2) is 0 Å². The van der Waals surface area contributed by atoms with E-state index in [4.69, 9.17) is 0 Å². The van der Waals surface area contributed by atoms with Crippen LogP contribution in [0, 0.1) is 0 Å². The van der Waals surface area contributed by atoms with E-state index in [1.54, 1.807) is 9.48 Å². The summed E-state index contributed by atoms with van der Waals surface area (Å²) in [5, 5.41) is 19.2. The van der Waals surface area contributed by atoms with Crippen molar-refractivity contribution in [3.63, 3.8) is 0 Å². The fourth-order valence-corrected chi connectivity index (χ4v) is 4.76. The van der Waals surface area contributed by atoms with Gasteiger partial charge in [0.2, 0.25) is 5.78 Å². The van der Waals surface area contributed by atoms with Crippen molar-refractivity contribution in [2.24, 2.45) is 0 Å². The molecule has 34 heavy (non-hydrogen) atoms. The Bertz CT molecular complexity index is 727. The molecule has 0 fully saturated rings. The van der Waals surface area contributed by atoms with Gasteiger partial charge in [-0.25, -0.2) is 8.42 Å². The number of allylic oxidation sites excluding steroid dienone is 2. The van der Waals surface area contributed by atoms with Crippen molar-refractivity contribution < 1.29 is 62.1 Å². The second kappa shape index (κ2) is 19.8. The molecule has 0 saturated carbocycles. The minimum atomic E-state index is -4.54. The molecule has 1 rings (SSSR count). The minimum Gasteiger partial charge on any atom is -0.748 e. The zero-order valence-electron chi connectivity index (χ0n) is 21.3. The first-order chi connectivity index (χ1) is 15.8. The largest absolute Gasteiger partial charge is 1.00 e. The minimum absolute atomic E-state index is 0. The number of carbonyl (C=O) groups is 1. The summed E-state index contributed by atoms with van der Waals surface area (Å²) in [5.74, 6) is -0.542. The molecule has 0 amide bonds. The third-order valence-electron chi connectivity index (χ3n) is 5.85. The van der Waals surface area contributed by atoms with Crippen molar-refractivity contribution in [2.75, 3.05) is 38.5 Å². The van der Waals surface area contributed by atoms with E-state index in [0.717, 1.165) is 32.1 Å². The molecule has 0 aromatic rings. The molecule has 0 radical (unpaired) electrons. The van der Waals surface area contributed by atoms with Crippen LogP contribution in [0.4, 0.5) is 0 Å². The molecule has 0 bridgehead atoms. The Labute approximate surface area is 228 Å². The van der Waals surface area contributed by atoms with Crippen LogP contribution in [0.5, 0.6) is 0 Å². The number of carbonyl (C=O) groups excluding carboxylic acids is 1. The molecule has 1 aliphatic heterocycles. The predicted octanol–water partition coefficient (Wildman–Crippen LogP) is -0.558. The molecule has 8 nitrogen and oxygen atoms in total. The summed E-state index contributed by atoms with van der Waals surface area (Å²) in [6, 6.07) is 0. The van der Waals surface area contributed by atoms with Gasteiger partial charge in [0.1, 0.15) is 32.3 Å². The number of β-amino-alcohol motifs (C(OH)–C–C–N with tert-alkyl or cyclic N) is 2. The number of aliphatic hydroxyl groups excluding tert-OH is 2. The average molecular weight is 512 g/mol. The van der Waals surface area contributed by atoms with Crippen LogP contribution in [0.3, 0.4) is 0 Å². The summed E-state index contributed by atoms with van der Waals surface area (Å²) < 4.78 is 34.3. The summed E-state index contributed by atoms with van der Waals surface area (Å²) in [4.78, 5) is 14.6. The number of ketones is 1. The third kappa shape index (κ3) is 15.7. The molecule has 0 aromatic heterocycles. The van der Waals surface area contributed by atoms with E-state index in [1.165, 1.54) is 38.5 Å². The number of Topliss-reactive ketones (excluding diaryl/α,β-unsaturated/α-hetero) is 1. The quantitative estimate of drug-likeness (QED) is 0.0739. The number of nitrogens with zero attached hydrogens (tertiary/aromatic N) is 2. The van der Waals surface area contributed by atoms with Crippen LogP contribution in [0.25, 0.3) is 0 Å². The molecule has 0 aromatic carbocycles. The van der Waals surface area contributed by atoms with Gasteiger partial charge in [-0.1, -0.05) is 57.6 Å². The molecule has 2 N–H and O–H groups in total. The van der Waals surface area contributed by atoms with Crippen LogP contribution in [0.2, 0.25) is 0 Å². The van der Waals surface area contributed by atoms with E-state index in [2.05, 4.69) is 19.1 Å². The fourth-order valence-electron chi connectivity index (χ4n) is 4.18. The van der Waals surface area contributed by atoms with Crippen LogP contribution >= 0.6 is 0 Å². The molecule has 1 aliphatic rings. The van der Waals surface area contributed by atoms with E-state index in [9.17, 15) is 28.0 Å². The molecule has 0 aliphatic carbocycles. The molecular formula is C24H44N2NaO6S+. The number of hydrogen-bond acceptors (Lipinski definition) is 7. The Kier molecular flexibility index (Phi) is 19.7. The van der Waals surface area contributed by atoms with Gasteiger partial charge in [0.05, 0.1) is 22.5 Å². The number of hydrogen-bond donors (Lipinski definition) is 2. The maximum Gasteiger partial charge on any atom is 1.00 e. The zero-order valence-corrected chi connectivity index (χ0v) is 24.1. The first kappa shape index (κ1) is 33.7. The molecule has 0 spiro atoms. The topological polar surface area (TPSA) is 121 Å². The Hall–Kier alpha value is -0.290. The number of aliphatic hydroxyl groups is 2. The second-order valence-electron chi connectivity index (χ2n) is 8.91. The molecule has 1 atom stereocenters. The van der Waals surface area contributed by atoms with Crippen molar-refractivity contribution >= 4 is 21.7 Å². The van der Waals surface area contributed by atoms with E-state index < -0.39 is 22.0 Å². The molecule has 1 unspecified atom stereocenters. The van der Waals surface area contributed by atoms with Gasteiger partial charge in [0.25, 0.3) is 0 Å². The van der Waals surface area contributed by atoms with Gasteiger partial charge in [-0.3, -0.25) is 14.3 Å². The maximum absolute atomic E-state index is 12.8. The van der Waals surface area contributed by atoms with Gasteiger partial charge in [0, 0.05) is 6.42 Å². The van der Waals surface area contributed by atoms with E-state index in [-0.39, 0.29) is 48.5 Å². The van der Waals surface area contributed by atoms with Crippen molar-refractivity contribution in [3.8, 4) is 0 Å². The fraction of sp³-hybridized carbons (Fsp3) is 0.833. The Balaban J connectivity index is 0.0000109. The van der Waals surface area contributed by atoms with Crippen LogP contribution in [-0.4, -0.2) is 88.9 Å². The van der Waals surface area contributed by atoms with Crippen molar-refractivity contribution in [3.05, 3.63) is 12.2 Å². The van der Waals surface area contributed by atoms with Gasteiger partial charge in [-0.05, 0) is 32.1 Å². The van der Waals surface area contributed by atoms with Gasteiger partial charge in [-0.2, -0.15) is 0 Å². The van der Waals surface area contributed by atoms with Gasteiger partial charge in [-0.15, -0.1) is 0 Å². The second-order valence-corrected chi connectivity index (χ2v) is 10.4. The summed E-state index contributed by atoms with van der Waals surface area (Å²) >= 11 is 0. The predicted molar refractivity (Wildman–Crippen MR) is 129 cm³/mol. The molecular weight excluding hydrogens is 467 g/mol. The first-order valence-corrected chi connectivity index (χ1v) is 14.1. The van der Waals surface area contributed by atoms with Crippen LogP contribution in [-0.2, 0) is 14.9 Å². The van der Waals surface area contributed by atoms with Crippen molar-refractivity contribution in [1.82, 2.24) is 4.90 Å². The standard InChI is InChI=1S/C24H44N2O6S.Na/c1-2-3-4-5-6-7-8-9-10-11-12-13-14-15-23(29)24-25(18-19-27)16-17-26(24)20-22(28)21-33(30,31)32;/h9-10,22,27-28H,2-8,11-21H2,1H3;/q;+1/b10-9+;. The van der Waals surface area contributed by atoms with E-state index >= 15 is 0 Å². The van der Waals surface area contributed by atoms with Crippen LogP contribution in [0.1, 0.15) is 84.0 Å². The number of amidine groups is 1. The Morgan fingerprint density at radius 2 is 1.68 bits per heavy atom. The normalized spacial score (nSPS) is 15.2. The molecule has 0 saturated heterocycles. The summed E-state index contributed by atoms with van der Waals surface area (Å²) in [6.07, 6.45) is 16.2. The Morgan fingerprint density at radius 1 is 1.09 bits per heavy atom. The zero-order chi connectivity index (χ0) is 24.5. The average Bonchev–Trinajstić information content (AvgIpc) is 3.12. The van der Waals surface area contributed by atoms with E-state index in [1.807, 2.05) is 0 Å². The summed E-state index contributed by atoms with van der Waals surface area (Å²) in [6.45, 7) is 3.30. The molecule has 1 heterocycles.